The number of rotatable bonds is 6. The van der Waals surface area contributed by atoms with Crippen molar-refractivity contribution in [2.45, 2.75) is 45.1 Å². The molecule has 1 aliphatic rings. The van der Waals surface area contributed by atoms with Crippen molar-refractivity contribution in [3.8, 4) is 0 Å². The number of carbonyl (C=O) groups is 2. The van der Waals surface area contributed by atoms with Crippen LogP contribution in [-0.4, -0.2) is 30.9 Å². The first kappa shape index (κ1) is 19.5. The summed E-state index contributed by atoms with van der Waals surface area (Å²) in [6.07, 6.45) is 5.93. The summed E-state index contributed by atoms with van der Waals surface area (Å²) in [4.78, 5) is 23.8. The maximum absolute atomic E-state index is 12.0. The number of halogens is 1. The van der Waals surface area contributed by atoms with Crippen molar-refractivity contribution in [1.82, 2.24) is 10.6 Å². The Morgan fingerprint density at radius 3 is 2.70 bits per heavy atom. The van der Waals surface area contributed by atoms with Gasteiger partial charge in [-0.05, 0) is 38.7 Å². The van der Waals surface area contributed by atoms with Crippen molar-refractivity contribution in [2.75, 3.05) is 13.1 Å². The number of nitrogens with one attached hydrogen (secondary N) is 2. The molecule has 1 aromatic heterocycles. The first-order valence-corrected chi connectivity index (χ1v) is 7.93. The van der Waals surface area contributed by atoms with E-state index in [0.29, 0.717) is 25.3 Å². The van der Waals surface area contributed by atoms with Crippen LogP contribution < -0.4 is 16.4 Å². The lowest BCUT2D eigenvalue weighted by atomic mass is 9.85. The second-order valence-electron chi connectivity index (χ2n) is 5.96. The highest BCUT2D eigenvalue weighted by molar-refractivity contribution is 5.92. The standard InChI is InChI=1S/C16H25N3O3.ClH/c1-11-6-9-22-14(11)16(21)19-8-3-7-18-15(20)12-4-2-5-13(17)10-12;/h6,9,12-13H,2-5,7-8,10,17H2,1H3,(H,18,20)(H,19,21);1H. The fourth-order valence-electron chi connectivity index (χ4n) is 2.80. The Morgan fingerprint density at radius 1 is 1.30 bits per heavy atom. The highest BCUT2D eigenvalue weighted by Gasteiger charge is 2.24. The Kier molecular flexibility index (Phi) is 8.12. The predicted octanol–water partition coefficient (Wildman–Crippen LogP) is 1.76. The maximum atomic E-state index is 12.0. The van der Waals surface area contributed by atoms with Gasteiger partial charge in [-0.25, -0.2) is 0 Å². The zero-order valence-corrected chi connectivity index (χ0v) is 14.3. The minimum Gasteiger partial charge on any atom is -0.459 e. The molecule has 0 aliphatic heterocycles. The van der Waals surface area contributed by atoms with E-state index in [4.69, 9.17) is 10.2 Å². The molecule has 2 atom stereocenters. The van der Waals surface area contributed by atoms with Crippen LogP contribution in [0.5, 0.6) is 0 Å². The number of nitrogens with two attached hydrogens (primary N) is 1. The molecule has 1 aromatic rings. The quantitative estimate of drug-likeness (QED) is 0.685. The van der Waals surface area contributed by atoms with E-state index in [-0.39, 0.29) is 36.2 Å². The van der Waals surface area contributed by atoms with Crippen LogP contribution in [0.15, 0.2) is 16.7 Å². The van der Waals surface area contributed by atoms with Gasteiger partial charge in [0.05, 0.1) is 6.26 Å². The lowest BCUT2D eigenvalue weighted by molar-refractivity contribution is -0.126. The molecule has 0 bridgehead atoms. The van der Waals surface area contributed by atoms with Crippen molar-refractivity contribution in [3.63, 3.8) is 0 Å². The molecule has 130 valence electrons. The van der Waals surface area contributed by atoms with E-state index in [2.05, 4.69) is 10.6 Å². The van der Waals surface area contributed by atoms with Crippen LogP contribution in [-0.2, 0) is 4.79 Å². The van der Waals surface area contributed by atoms with Crippen molar-refractivity contribution in [3.05, 3.63) is 23.7 Å². The van der Waals surface area contributed by atoms with Crippen LogP contribution in [0.4, 0.5) is 0 Å². The van der Waals surface area contributed by atoms with Crippen LogP contribution >= 0.6 is 12.4 Å². The maximum Gasteiger partial charge on any atom is 0.287 e. The van der Waals surface area contributed by atoms with Crippen LogP contribution in [0.1, 0.15) is 48.2 Å². The Bertz CT molecular complexity index is 518. The Morgan fingerprint density at radius 2 is 2.04 bits per heavy atom. The van der Waals surface area contributed by atoms with E-state index >= 15 is 0 Å². The van der Waals surface area contributed by atoms with Crippen LogP contribution in [0, 0.1) is 12.8 Å². The van der Waals surface area contributed by atoms with Crippen LogP contribution in [0.25, 0.3) is 0 Å². The SMILES string of the molecule is Cc1ccoc1C(=O)NCCCNC(=O)C1CCCC(N)C1.Cl. The first-order valence-electron chi connectivity index (χ1n) is 7.93. The third-order valence-corrected chi connectivity index (χ3v) is 4.09. The van der Waals surface area contributed by atoms with Gasteiger partial charge < -0.3 is 20.8 Å². The van der Waals surface area contributed by atoms with E-state index < -0.39 is 0 Å². The van der Waals surface area contributed by atoms with Crippen molar-refractivity contribution < 1.29 is 14.0 Å². The number of aryl methyl sites for hydroxylation is 1. The number of hydrogen-bond acceptors (Lipinski definition) is 4. The van der Waals surface area contributed by atoms with Gasteiger partial charge in [0, 0.05) is 30.6 Å². The van der Waals surface area contributed by atoms with Gasteiger partial charge in [0.15, 0.2) is 5.76 Å². The van der Waals surface area contributed by atoms with Crippen LogP contribution in [0.2, 0.25) is 0 Å². The Balaban J connectivity index is 0.00000264. The van der Waals surface area contributed by atoms with E-state index in [1.54, 1.807) is 6.07 Å². The normalized spacial score (nSPS) is 20.4. The molecule has 1 aliphatic carbocycles. The van der Waals surface area contributed by atoms with Gasteiger partial charge in [0.1, 0.15) is 0 Å². The summed E-state index contributed by atoms with van der Waals surface area (Å²) < 4.78 is 5.12. The zero-order chi connectivity index (χ0) is 15.9. The molecule has 1 fully saturated rings. The molecule has 0 radical (unpaired) electrons. The van der Waals surface area contributed by atoms with E-state index in [1.807, 2.05) is 6.92 Å². The molecule has 2 amide bonds. The summed E-state index contributed by atoms with van der Waals surface area (Å²) in [6.45, 7) is 2.89. The van der Waals surface area contributed by atoms with E-state index in [0.717, 1.165) is 31.2 Å². The molecule has 7 heteroatoms. The van der Waals surface area contributed by atoms with Crippen LogP contribution in [0.3, 0.4) is 0 Å². The molecule has 1 saturated carbocycles. The number of furan rings is 1. The lowest BCUT2D eigenvalue weighted by Gasteiger charge is -2.25. The predicted molar refractivity (Wildman–Crippen MR) is 90.6 cm³/mol. The molecule has 2 unspecified atom stereocenters. The van der Waals surface area contributed by atoms with E-state index in [1.165, 1.54) is 6.26 Å². The van der Waals surface area contributed by atoms with Crippen molar-refractivity contribution in [2.24, 2.45) is 11.7 Å². The summed E-state index contributed by atoms with van der Waals surface area (Å²) in [5.41, 5.74) is 6.71. The molecule has 6 nitrogen and oxygen atoms in total. The second-order valence-corrected chi connectivity index (χ2v) is 5.96. The van der Waals surface area contributed by atoms with Crippen molar-refractivity contribution in [1.29, 1.82) is 0 Å². The molecular formula is C16H26ClN3O3. The van der Waals surface area contributed by atoms with Gasteiger partial charge in [-0.3, -0.25) is 9.59 Å². The fourth-order valence-corrected chi connectivity index (χ4v) is 2.80. The molecule has 4 N–H and O–H groups in total. The molecule has 2 rings (SSSR count). The third kappa shape index (κ3) is 5.88. The zero-order valence-electron chi connectivity index (χ0n) is 13.5. The van der Waals surface area contributed by atoms with Gasteiger partial charge in [-0.2, -0.15) is 0 Å². The highest BCUT2D eigenvalue weighted by Crippen LogP contribution is 2.22. The monoisotopic (exact) mass is 343 g/mol. The molecular weight excluding hydrogens is 318 g/mol. The summed E-state index contributed by atoms with van der Waals surface area (Å²) in [5.74, 6) is 0.264. The summed E-state index contributed by atoms with van der Waals surface area (Å²) in [7, 11) is 0. The first-order chi connectivity index (χ1) is 10.6. The van der Waals surface area contributed by atoms with Gasteiger partial charge in [0.25, 0.3) is 5.91 Å². The molecule has 23 heavy (non-hydrogen) atoms. The molecule has 1 heterocycles. The number of amides is 2. The minimum absolute atomic E-state index is 0. The van der Waals surface area contributed by atoms with E-state index in [9.17, 15) is 9.59 Å². The van der Waals surface area contributed by atoms with Gasteiger partial charge in [-0.15, -0.1) is 12.4 Å². The van der Waals surface area contributed by atoms with Crippen molar-refractivity contribution >= 4 is 24.2 Å². The van der Waals surface area contributed by atoms with Gasteiger partial charge in [-0.1, -0.05) is 6.42 Å². The smallest absolute Gasteiger partial charge is 0.287 e. The number of carbonyl (C=O) groups excluding carboxylic acids is 2. The van der Waals surface area contributed by atoms with Gasteiger partial charge in [0.2, 0.25) is 5.91 Å². The molecule has 0 aromatic carbocycles. The average molecular weight is 344 g/mol. The highest BCUT2D eigenvalue weighted by atomic mass is 35.5. The largest absolute Gasteiger partial charge is 0.459 e. The molecule has 0 spiro atoms. The second kappa shape index (κ2) is 9.57. The lowest BCUT2D eigenvalue weighted by Crippen LogP contribution is -2.38. The summed E-state index contributed by atoms with van der Waals surface area (Å²) >= 11 is 0. The summed E-state index contributed by atoms with van der Waals surface area (Å²) in [6, 6.07) is 1.91. The average Bonchev–Trinajstić information content (AvgIpc) is 2.92. The van der Waals surface area contributed by atoms with Gasteiger partial charge >= 0.3 is 0 Å². The summed E-state index contributed by atoms with van der Waals surface area (Å²) in [5, 5.41) is 5.71. The molecule has 0 saturated heterocycles. The Labute approximate surface area is 143 Å². The Hall–Kier alpha value is -1.53. The minimum atomic E-state index is -0.216. The topological polar surface area (TPSA) is 97.4 Å². The fraction of sp³-hybridized carbons (Fsp3) is 0.625. The third-order valence-electron chi connectivity index (χ3n) is 4.09. The number of hydrogen-bond donors (Lipinski definition) is 3.